The van der Waals surface area contributed by atoms with Gasteiger partial charge in [-0.15, -0.1) is 11.8 Å². The number of fused-ring (bicyclic) bond motifs is 9. The van der Waals surface area contributed by atoms with Crippen molar-refractivity contribution in [3.8, 4) is 5.75 Å². The molecule has 4 fully saturated rings. The molecule has 15 heteroatoms. The lowest BCUT2D eigenvalue weighted by atomic mass is 9.68. The molecule has 0 spiro atoms. The van der Waals surface area contributed by atoms with Crippen molar-refractivity contribution >= 4 is 58.1 Å². The lowest BCUT2D eigenvalue weighted by Crippen LogP contribution is -2.43. The highest BCUT2D eigenvalue weighted by molar-refractivity contribution is 8.00. The van der Waals surface area contributed by atoms with E-state index in [-0.39, 0.29) is 40.4 Å². The maximum absolute atomic E-state index is 14.1. The number of thiazole rings is 1. The molecule has 3 aliphatic heterocycles. The number of aromatic amines is 1. The second kappa shape index (κ2) is 11.4. The zero-order valence-corrected chi connectivity index (χ0v) is 26.9. The van der Waals surface area contributed by atoms with Gasteiger partial charge in [0.05, 0.1) is 41.3 Å². The standard InChI is InChI=1S/C32H27ClF3N3O6S2/c33-14-5-6-20(45-13-21(40)38-7-9-44-10-8-38)15(11-14)22-23-16-12-17(26(23)46-28-27(22)47-31(43)37-28)25-24(16)29(41)39(30(25)42)19-4-2-1-3-18(19)32(34,35)36/h1-6,11,16-17,22-26H,7-10,12-13H2,(H,37,43)/t16-,17-,22-,23?,24?,25?,26?/m1/s1. The monoisotopic (exact) mass is 705 g/mol. The highest BCUT2D eigenvalue weighted by Crippen LogP contribution is 2.69. The van der Waals surface area contributed by atoms with E-state index in [1.54, 1.807) is 23.1 Å². The molecule has 2 bridgehead atoms. The number of halogens is 4. The molecule has 246 valence electrons. The van der Waals surface area contributed by atoms with Gasteiger partial charge in [0.1, 0.15) is 5.75 Å². The molecular weight excluding hydrogens is 679 g/mol. The van der Waals surface area contributed by atoms with Gasteiger partial charge in [0.15, 0.2) is 6.61 Å². The van der Waals surface area contributed by atoms with E-state index >= 15 is 0 Å². The molecule has 5 aliphatic rings. The molecule has 2 saturated heterocycles. The Bertz CT molecular complexity index is 1860. The Hall–Kier alpha value is -3.33. The number of imide groups is 1. The van der Waals surface area contributed by atoms with Crippen molar-refractivity contribution in [1.29, 1.82) is 0 Å². The zero-order valence-electron chi connectivity index (χ0n) is 24.5. The number of H-pyrrole nitrogens is 1. The summed E-state index contributed by atoms with van der Waals surface area (Å²) in [5.74, 6) is -3.97. The van der Waals surface area contributed by atoms with E-state index in [0.717, 1.165) is 27.2 Å². The van der Waals surface area contributed by atoms with Gasteiger partial charge in [-0.3, -0.25) is 19.2 Å². The number of thioether (sulfide) groups is 1. The molecule has 47 heavy (non-hydrogen) atoms. The van der Waals surface area contributed by atoms with Crippen LogP contribution in [0.1, 0.15) is 28.3 Å². The normalized spacial score (nSPS) is 29.6. The summed E-state index contributed by atoms with van der Waals surface area (Å²) in [5.41, 5.74) is -0.833. The molecule has 1 aromatic heterocycles. The second-order valence-electron chi connectivity index (χ2n) is 12.5. The van der Waals surface area contributed by atoms with Crippen molar-refractivity contribution in [2.24, 2.45) is 29.6 Å². The van der Waals surface area contributed by atoms with Gasteiger partial charge in [0.2, 0.25) is 11.8 Å². The minimum absolute atomic E-state index is 0.199. The van der Waals surface area contributed by atoms with Crippen LogP contribution in [0.3, 0.4) is 0 Å². The average molecular weight is 706 g/mol. The van der Waals surface area contributed by atoms with E-state index in [1.165, 1.54) is 30.0 Å². The zero-order chi connectivity index (χ0) is 32.8. The highest BCUT2D eigenvalue weighted by Gasteiger charge is 2.70. The number of carbonyl (C=O) groups is 3. The Morgan fingerprint density at radius 3 is 2.51 bits per heavy atom. The smallest absolute Gasteiger partial charge is 0.418 e. The van der Waals surface area contributed by atoms with Crippen molar-refractivity contribution in [2.45, 2.75) is 28.8 Å². The second-order valence-corrected chi connectivity index (χ2v) is 15.1. The van der Waals surface area contributed by atoms with E-state index in [1.807, 2.05) is 0 Å². The maximum Gasteiger partial charge on any atom is 0.418 e. The van der Waals surface area contributed by atoms with Crippen LogP contribution in [0.2, 0.25) is 5.02 Å². The fourth-order valence-corrected chi connectivity index (χ4v) is 11.5. The molecule has 3 aromatic rings. The minimum atomic E-state index is -4.75. The van der Waals surface area contributed by atoms with Gasteiger partial charge in [-0.25, -0.2) is 4.90 Å². The van der Waals surface area contributed by atoms with Crippen molar-refractivity contribution in [1.82, 2.24) is 9.88 Å². The number of hydrogen-bond acceptors (Lipinski definition) is 8. The predicted molar refractivity (Wildman–Crippen MR) is 167 cm³/mol. The number of aromatic nitrogens is 1. The number of hydrogen-bond donors (Lipinski definition) is 1. The van der Waals surface area contributed by atoms with Crippen LogP contribution in [0.4, 0.5) is 18.9 Å². The molecular formula is C32H27ClF3N3O6S2. The third-order valence-electron chi connectivity index (χ3n) is 10.2. The van der Waals surface area contributed by atoms with Gasteiger partial charge in [0.25, 0.3) is 5.91 Å². The molecule has 8 rings (SSSR count). The lowest BCUT2D eigenvalue weighted by molar-refractivity contribution is -0.138. The molecule has 4 heterocycles. The number of ether oxygens (including phenoxy) is 2. The molecule has 7 atom stereocenters. The topological polar surface area (TPSA) is 109 Å². The summed E-state index contributed by atoms with van der Waals surface area (Å²) in [6, 6.07) is 9.76. The number of morpholine rings is 1. The number of nitrogens with zero attached hydrogens (tertiary/aromatic N) is 2. The molecule has 2 aliphatic carbocycles. The van der Waals surface area contributed by atoms with Crippen molar-refractivity contribution in [3.63, 3.8) is 0 Å². The summed E-state index contributed by atoms with van der Waals surface area (Å²) >= 11 is 9.04. The van der Waals surface area contributed by atoms with Crippen LogP contribution in [-0.4, -0.2) is 65.8 Å². The van der Waals surface area contributed by atoms with Crippen LogP contribution in [-0.2, 0) is 25.3 Å². The number of anilines is 1. The first-order chi connectivity index (χ1) is 22.5. The van der Waals surface area contributed by atoms with E-state index in [0.29, 0.717) is 54.1 Å². The highest BCUT2D eigenvalue weighted by atomic mass is 35.5. The first-order valence-corrected chi connectivity index (χ1v) is 17.3. The summed E-state index contributed by atoms with van der Waals surface area (Å²) in [6.07, 6.45) is -4.21. The summed E-state index contributed by atoms with van der Waals surface area (Å²) < 4.78 is 53.5. The van der Waals surface area contributed by atoms with Gasteiger partial charge in [-0.05, 0) is 54.5 Å². The Labute approximate surface area is 279 Å². The molecule has 9 nitrogen and oxygen atoms in total. The van der Waals surface area contributed by atoms with Gasteiger partial charge in [-0.2, -0.15) is 13.2 Å². The SMILES string of the molecule is O=C(COc1ccc(Cl)cc1[C@H]1c2sc(=O)[nH]c2SC2C1[C@H]1C[C@@H]2C2C(=O)N(c3ccccc3C(F)(F)F)C(=O)C21)N1CCOCC1. The van der Waals surface area contributed by atoms with Gasteiger partial charge >= 0.3 is 11.0 Å². The van der Waals surface area contributed by atoms with E-state index in [2.05, 4.69) is 4.98 Å². The lowest BCUT2D eigenvalue weighted by Gasteiger charge is -2.43. The Morgan fingerprint density at radius 1 is 1.04 bits per heavy atom. The summed E-state index contributed by atoms with van der Waals surface area (Å²) in [4.78, 5) is 59.5. The number of benzene rings is 2. The number of amides is 3. The van der Waals surface area contributed by atoms with Crippen LogP contribution in [0.25, 0.3) is 0 Å². The summed E-state index contributed by atoms with van der Waals surface area (Å²) in [6.45, 7) is 1.59. The third kappa shape index (κ3) is 4.93. The van der Waals surface area contributed by atoms with Crippen LogP contribution in [0, 0.1) is 29.6 Å². The number of carbonyl (C=O) groups excluding carboxylic acids is 3. The molecule has 1 N–H and O–H groups in total. The Balaban J connectivity index is 1.17. The first kappa shape index (κ1) is 31.0. The number of para-hydroxylation sites is 1. The van der Waals surface area contributed by atoms with E-state index in [9.17, 15) is 32.3 Å². The maximum atomic E-state index is 14.1. The number of alkyl halides is 3. The Morgan fingerprint density at radius 2 is 1.77 bits per heavy atom. The molecule has 2 aromatic carbocycles. The van der Waals surface area contributed by atoms with Gasteiger partial charge in [0, 0.05) is 39.7 Å². The number of rotatable bonds is 5. The fraction of sp³-hybridized carbons (Fsp3) is 0.438. The largest absolute Gasteiger partial charge is 0.483 e. The van der Waals surface area contributed by atoms with Gasteiger partial charge < -0.3 is 19.4 Å². The Kier molecular flexibility index (Phi) is 7.50. The molecule has 4 unspecified atom stereocenters. The van der Waals surface area contributed by atoms with Crippen molar-refractivity contribution < 1.29 is 37.0 Å². The summed E-state index contributed by atoms with van der Waals surface area (Å²) in [5, 5.41) is 0.858. The van der Waals surface area contributed by atoms with Crippen molar-refractivity contribution in [2.75, 3.05) is 37.8 Å². The van der Waals surface area contributed by atoms with E-state index < -0.39 is 47.0 Å². The van der Waals surface area contributed by atoms with Gasteiger partial charge in [-0.1, -0.05) is 35.1 Å². The molecule has 3 amide bonds. The predicted octanol–water partition coefficient (Wildman–Crippen LogP) is 5.02. The van der Waals surface area contributed by atoms with Crippen LogP contribution in [0.5, 0.6) is 5.75 Å². The molecule has 2 saturated carbocycles. The molecule has 0 radical (unpaired) electrons. The summed E-state index contributed by atoms with van der Waals surface area (Å²) in [7, 11) is 0. The van der Waals surface area contributed by atoms with E-state index in [4.69, 9.17) is 21.1 Å². The van der Waals surface area contributed by atoms with Crippen molar-refractivity contribution in [3.05, 3.63) is 73.2 Å². The quantitative estimate of drug-likeness (QED) is 0.372. The van der Waals surface area contributed by atoms with Crippen LogP contribution < -0.4 is 14.5 Å². The van der Waals surface area contributed by atoms with Crippen LogP contribution in [0.15, 0.2) is 52.3 Å². The van der Waals surface area contributed by atoms with Crippen LogP contribution >= 0.6 is 34.7 Å². The third-order valence-corrected chi connectivity index (χ3v) is 13.0. The fourth-order valence-electron chi connectivity index (χ4n) is 8.45. The average Bonchev–Trinajstić information content (AvgIpc) is 3.79. The first-order valence-electron chi connectivity index (χ1n) is 15.2. The number of nitrogens with one attached hydrogen (secondary N) is 1. The minimum Gasteiger partial charge on any atom is -0.483 e.